The van der Waals surface area contributed by atoms with Crippen molar-refractivity contribution in [2.45, 2.75) is 25.8 Å². The van der Waals surface area contributed by atoms with E-state index in [0.29, 0.717) is 5.15 Å². The molecule has 4 heteroatoms. The molecule has 1 aromatic rings. The monoisotopic (exact) mass is 224 g/mol. The summed E-state index contributed by atoms with van der Waals surface area (Å²) < 4.78 is 0. The minimum Gasteiger partial charge on any atom is -0.336 e. The fourth-order valence-electron chi connectivity index (χ4n) is 2.07. The van der Waals surface area contributed by atoms with E-state index in [2.05, 4.69) is 4.98 Å². The first-order valence-corrected chi connectivity index (χ1v) is 5.45. The van der Waals surface area contributed by atoms with Crippen molar-refractivity contribution in [1.29, 1.82) is 0 Å². The van der Waals surface area contributed by atoms with Gasteiger partial charge < -0.3 is 4.90 Å². The Kier molecular flexibility index (Phi) is 2.91. The molecule has 80 valence electrons. The number of aromatic nitrogens is 1. The summed E-state index contributed by atoms with van der Waals surface area (Å²) in [4.78, 5) is 17.3. The van der Waals surface area contributed by atoms with Crippen LogP contribution in [0.4, 0.5) is 0 Å². The van der Waals surface area contributed by atoms with Crippen molar-refractivity contribution in [1.82, 2.24) is 9.88 Å². The van der Waals surface area contributed by atoms with Gasteiger partial charge in [-0.2, -0.15) is 0 Å². The third kappa shape index (κ3) is 2.12. The van der Waals surface area contributed by atoms with Crippen molar-refractivity contribution in [2.24, 2.45) is 0 Å². The third-order valence-electron chi connectivity index (χ3n) is 2.79. The molecule has 0 spiro atoms. The summed E-state index contributed by atoms with van der Waals surface area (Å²) in [6.07, 6.45) is 3.84. The predicted molar refractivity (Wildman–Crippen MR) is 58.6 cm³/mol. The maximum absolute atomic E-state index is 11.4. The van der Waals surface area contributed by atoms with Crippen molar-refractivity contribution in [2.75, 3.05) is 6.54 Å². The molecule has 1 aromatic heterocycles. The second kappa shape index (κ2) is 4.19. The van der Waals surface area contributed by atoms with Crippen molar-refractivity contribution >= 4 is 17.5 Å². The molecule has 2 heterocycles. The van der Waals surface area contributed by atoms with E-state index in [1.165, 1.54) is 0 Å². The third-order valence-corrected chi connectivity index (χ3v) is 3.02. The van der Waals surface area contributed by atoms with E-state index in [1.807, 2.05) is 11.0 Å². The number of amides is 1. The lowest BCUT2D eigenvalue weighted by Gasteiger charge is -2.23. The van der Waals surface area contributed by atoms with Gasteiger partial charge in [0.1, 0.15) is 5.15 Å². The number of pyridine rings is 1. The van der Waals surface area contributed by atoms with Crippen LogP contribution in [0.3, 0.4) is 0 Å². The first kappa shape index (κ1) is 10.4. The standard InChI is InChI=1S/C11H13ClN2O/c1-8(15)14-6-2-3-10(14)9-4-5-11(12)13-7-9/h4-5,7,10H,2-3,6H2,1H3/t10-/m0/s1. The second-order valence-electron chi connectivity index (χ2n) is 3.78. The lowest BCUT2D eigenvalue weighted by atomic mass is 10.1. The molecule has 1 amide bonds. The Morgan fingerprint density at radius 1 is 1.60 bits per heavy atom. The summed E-state index contributed by atoms with van der Waals surface area (Å²) in [6.45, 7) is 2.46. The summed E-state index contributed by atoms with van der Waals surface area (Å²) in [5.74, 6) is 0.132. The number of hydrogen-bond donors (Lipinski definition) is 0. The second-order valence-corrected chi connectivity index (χ2v) is 4.17. The average molecular weight is 225 g/mol. The zero-order chi connectivity index (χ0) is 10.8. The Balaban J connectivity index is 2.22. The summed E-state index contributed by atoms with van der Waals surface area (Å²) in [6, 6.07) is 3.90. The molecule has 1 saturated heterocycles. The highest BCUT2D eigenvalue weighted by Crippen LogP contribution is 2.31. The quantitative estimate of drug-likeness (QED) is 0.687. The highest BCUT2D eigenvalue weighted by atomic mass is 35.5. The molecule has 0 radical (unpaired) electrons. The van der Waals surface area contributed by atoms with Crippen LogP contribution in [0.5, 0.6) is 0 Å². The topological polar surface area (TPSA) is 33.2 Å². The van der Waals surface area contributed by atoms with Crippen LogP contribution in [0.25, 0.3) is 0 Å². The van der Waals surface area contributed by atoms with E-state index in [1.54, 1.807) is 19.2 Å². The Morgan fingerprint density at radius 3 is 3.00 bits per heavy atom. The molecule has 0 saturated carbocycles. The largest absolute Gasteiger partial charge is 0.336 e. The smallest absolute Gasteiger partial charge is 0.219 e. The zero-order valence-corrected chi connectivity index (χ0v) is 9.37. The first-order chi connectivity index (χ1) is 7.18. The van der Waals surface area contributed by atoms with Crippen LogP contribution in [0, 0.1) is 0 Å². The minimum atomic E-state index is 0.132. The highest BCUT2D eigenvalue weighted by Gasteiger charge is 2.27. The molecule has 1 aliphatic heterocycles. The number of hydrogen-bond acceptors (Lipinski definition) is 2. The first-order valence-electron chi connectivity index (χ1n) is 5.07. The van der Waals surface area contributed by atoms with Crippen LogP contribution in [0.1, 0.15) is 31.4 Å². The molecule has 1 fully saturated rings. The van der Waals surface area contributed by atoms with Crippen molar-refractivity contribution in [3.05, 3.63) is 29.0 Å². The molecule has 0 unspecified atom stereocenters. The fraction of sp³-hybridized carbons (Fsp3) is 0.455. The number of nitrogens with zero attached hydrogens (tertiary/aromatic N) is 2. The lowest BCUT2D eigenvalue weighted by Crippen LogP contribution is -2.28. The van der Waals surface area contributed by atoms with Gasteiger partial charge in [0.2, 0.25) is 5.91 Å². The maximum atomic E-state index is 11.4. The molecule has 0 N–H and O–H groups in total. The van der Waals surface area contributed by atoms with Gasteiger partial charge in [0.25, 0.3) is 0 Å². The van der Waals surface area contributed by atoms with Gasteiger partial charge in [-0.15, -0.1) is 0 Å². The Morgan fingerprint density at radius 2 is 2.40 bits per heavy atom. The van der Waals surface area contributed by atoms with Gasteiger partial charge in [0.15, 0.2) is 0 Å². The number of halogens is 1. The van der Waals surface area contributed by atoms with Gasteiger partial charge in [0, 0.05) is 19.7 Å². The molecular formula is C11H13ClN2O. The van der Waals surface area contributed by atoms with Crippen molar-refractivity contribution in [3.63, 3.8) is 0 Å². The van der Waals surface area contributed by atoms with Crippen LogP contribution < -0.4 is 0 Å². The SMILES string of the molecule is CC(=O)N1CCC[C@H]1c1ccc(Cl)nc1. The molecule has 0 bridgehead atoms. The van der Waals surface area contributed by atoms with E-state index in [9.17, 15) is 4.79 Å². The van der Waals surface area contributed by atoms with E-state index in [0.717, 1.165) is 24.9 Å². The van der Waals surface area contributed by atoms with Gasteiger partial charge in [-0.05, 0) is 24.5 Å². The minimum absolute atomic E-state index is 0.132. The number of carbonyl (C=O) groups excluding carboxylic acids is 1. The molecule has 1 atom stereocenters. The molecule has 15 heavy (non-hydrogen) atoms. The molecular weight excluding hydrogens is 212 g/mol. The summed E-state index contributed by atoms with van der Waals surface area (Å²) in [7, 11) is 0. The highest BCUT2D eigenvalue weighted by molar-refractivity contribution is 6.29. The molecule has 3 nitrogen and oxygen atoms in total. The number of likely N-dealkylation sites (tertiary alicyclic amines) is 1. The normalized spacial score (nSPS) is 20.7. The van der Waals surface area contributed by atoms with Gasteiger partial charge in [0.05, 0.1) is 6.04 Å². The van der Waals surface area contributed by atoms with Crippen LogP contribution in [-0.2, 0) is 4.79 Å². The van der Waals surface area contributed by atoms with Gasteiger partial charge >= 0.3 is 0 Å². The van der Waals surface area contributed by atoms with Crippen molar-refractivity contribution < 1.29 is 4.79 Å². The summed E-state index contributed by atoms with van der Waals surface area (Å²) in [5, 5.41) is 0.492. The van der Waals surface area contributed by atoms with Crippen LogP contribution >= 0.6 is 11.6 Å². The Bertz CT molecular complexity index is 363. The predicted octanol–water partition coefficient (Wildman–Crippen LogP) is 2.42. The fourth-order valence-corrected chi connectivity index (χ4v) is 2.19. The Labute approximate surface area is 94.1 Å². The maximum Gasteiger partial charge on any atom is 0.219 e. The van der Waals surface area contributed by atoms with Gasteiger partial charge in [-0.25, -0.2) is 4.98 Å². The van der Waals surface area contributed by atoms with E-state index < -0.39 is 0 Å². The molecule has 2 rings (SSSR count). The van der Waals surface area contributed by atoms with Gasteiger partial charge in [-0.3, -0.25) is 4.79 Å². The van der Waals surface area contributed by atoms with Crippen molar-refractivity contribution in [3.8, 4) is 0 Å². The molecule has 1 aliphatic rings. The van der Waals surface area contributed by atoms with E-state index in [4.69, 9.17) is 11.6 Å². The van der Waals surface area contributed by atoms with Crippen LogP contribution in [-0.4, -0.2) is 22.3 Å². The number of carbonyl (C=O) groups is 1. The van der Waals surface area contributed by atoms with Crippen LogP contribution in [0.2, 0.25) is 5.15 Å². The van der Waals surface area contributed by atoms with E-state index >= 15 is 0 Å². The Hall–Kier alpha value is -1.09. The average Bonchev–Trinajstić information content (AvgIpc) is 2.67. The lowest BCUT2D eigenvalue weighted by molar-refractivity contribution is -0.129. The molecule has 0 aromatic carbocycles. The summed E-state index contributed by atoms with van der Waals surface area (Å²) in [5.41, 5.74) is 1.08. The van der Waals surface area contributed by atoms with Crippen LogP contribution in [0.15, 0.2) is 18.3 Å². The number of rotatable bonds is 1. The van der Waals surface area contributed by atoms with Gasteiger partial charge in [-0.1, -0.05) is 17.7 Å². The van der Waals surface area contributed by atoms with E-state index in [-0.39, 0.29) is 11.9 Å². The summed E-state index contributed by atoms with van der Waals surface area (Å²) >= 11 is 5.73. The zero-order valence-electron chi connectivity index (χ0n) is 8.61. The molecule has 0 aliphatic carbocycles.